The number of hydrogen-bond donors (Lipinski definition) is 0. The molecule has 0 N–H and O–H groups in total. The van der Waals surface area contributed by atoms with Gasteiger partial charge in [0.05, 0.1) is 10.8 Å². The molecular weight excluding hydrogens is 751 g/mol. The van der Waals surface area contributed by atoms with Gasteiger partial charge in [-0.2, -0.15) is 0 Å². The van der Waals surface area contributed by atoms with Crippen LogP contribution in [0, 0.1) is 0 Å². The van der Waals surface area contributed by atoms with Crippen LogP contribution >= 0.6 is 23.5 Å². The standard InChI is InChI=1S/C56H35NS2/c1-2-16-36(17-3-1)57(37-30-32-41-39-18-4-6-20-43(39)55(49(41)34-37)45-22-8-12-26-51(45)58-52-27-13-9-23-46(52)55)38-31-33-42-40-19-5-7-21-44(40)56(50(42)35-38)47-24-10-14-28-53(47)59-54-29-15-11-25-48(54)56/h1-35H. The minimum Gasteiger partial charge on any atom is -0.310 e. The second-order valence-electron chi connectivity index (χ2n) is 15.9. The van der Waals surface area contributed by atoms with E-state index in [4.69, 9.17) is 0 Å². The zero-order valence-corrected chi connectivity index (χ0v) is 33.6. The highest BCUT2D eigenvalue weighted by atomic mass is 32.2. The number of benzene rings is 9. The van der Waals surface area contributed by atoms with E-state index in [-0.39, 0.29) is 0 Å². The number of hydrogen-bond acceptors (Lipinski definition) is 3. The minimum atomic E-state index is -0.459. The van der Waals surface area contributed by atoms with Crippen LogP contribution in [0.4, 0.5) is 17.1 Å². The van der Waals surface area contributed by atoms with Crippen molar-refractivity contribution >= 4 is 40.6 Å². The third-order valence-electron chi connectivity index (χ3n) is 13.2. The third-order valence-corrected chi connectivity index (χ3v) is 15.5. The lowest BCUT2D eigenvalue weighted by Crippen LogP contribution is -2.32. The molecule has 1 nitrogen and oxygen atoms in total. The Kier molecular flexibility index (Phi) is 7.08. The van der Waals surface area contributed by atoms with Gasteiger partial charge >= 0.3 is 0 Å². The fourth-order valence-electron chi connectivity index (χ4n) is 11.0. The molecule has 0 fully saturated rings. The summed E-state index contributed by atoms with van der Waals surface area (Å²) < 4.78 is 0. The highest BCUT2D eigenvalue weighted by Gasteiger charge is 2.52. The fraction of sp³-hybridized carbons (Fsp3) is 0.0357. The lowest BCUT2D eigenvalue weighted by Gasteiger charge is -2.40. The average molecular weight is 786 g/mol. The van der Waals surface area contributed by atoms with Crippen LogP contribution in [0.25, 0.3) is 22.3 Å². The van der Waals surface area contributed by atoms with Crippen molar-refractivity contribution in [2.75, 3.05) is 4.90 Å². The van der Waals surface area contributed by atoms with E-state index >= 15 is 0 Å². The molecule has 2 spiro atoms. The molecule has 0 saturated carbocycles. The van der Waals surface area contributed by atoms with Crippen LogP contribution in [0.1, 0.15) is 44.5 Å². The van der Waals surface area contributed by atoms with E-state index in [1.807, 2.05) is 23.5 Å². The molecule has 2 heterocycles. The van der Waals surface area contributed by atoms with Crippen molar-refractivity contribution in [3.63, 3.8) is 0 Å². The summed E-state index contributed by atoms with van der Waals surface area (Å²) in [5.74, 6) is 0. The van der Waals surface area contributed by atoms with E-state index in [9.17, 15) is 0 Å². The highest BCUT2D eigenvalue weighted by molar-refractivity contribution is 7.99. The zero-order valence-electron chi connectivity index (χ0n) is 32.0. The molecule has 2 aliphatic heterocycles. The number of nitrogens with zero attached hydrogens (tertiary/aromatic N) is 1. The van der Waals surface area contributed by atoms with E-state index in [1.165, 1.54) is 86.3 Å². The molecule has 0 aromatic heterocycles. The van der Waals surface area contributed by atoms with E-state index in [0.29, 0.717) is 0 Å². The lowest BCUT2D eigenvalue weighted by atomic mass is 9.67. The monoisotopic (exact) mass is 785 g/mol. The Balaban J connectivity index is 1.09. The summed E-state index contributed by atoms with van der Waals surface area (Å²) in [6, 6.07) is 79.9. The summed E-state index contributed by atoms with van der Waals surface area (Å²) in [6.07, 6.45) is 0. The van der Waals surface area contributed by atoms with E-state index in [1.54, 1.807) is 0 Å². The topological polar surface area (TPSA) is 3.24 Å². The van der Waals surface area contributed by atoms with Gasteiger partial charge in [0.1, 0.15) is 0 Å². The van der Waals surface area contributed by atoms with Crippen LogP contribution in [0.3, 0.4) is 0 Å². The maximum absolute atomic E-state index is 2.51. The van der Waals surface area contributed by atoms with Crippen LogP contribution in [-0.4, -0.2) is 0 Å². The summed E-state index contributed by atoms with van der Waals surface area (Å²) >= 11 is 3.78. The van der Waals surface area contributed by atoms with Crippen LogP contribution in [0.5, 0.6) is 0 Å². The van der Waals surface area contributed by atoms with Crippen molar-refractivity contribution in [1.29, 1.82) is 0 Å². The largest absolute Gasteiger partial charge is 0.310 e. The summed E-state index contributed by atoms with van der Waals surface area (Å²) in [5.41, 5.74) is 18.5. The summed E-state index contributed by atoms with van der Waals surface area (Å²) in [5, 5.41) is 0. The Bertz CT molecular complexity index is 2910. The molecule has 0 amide bonds. The van der Waals surface area contributed by atoms with Gasteiger partial charge in [-0.05, 0) is 127 Å². The number of para-hydroxylation sites is 1. The first-order valence-corrected chi connectivity index (χ1v) is 22.0. The van der Waals surface area contributed by atoms with Gasteiger partial charge in [0.15, 0.2) is 0 Å². The van der Waals surface area contributed by atoms with Gasteiger partial charge in [0.2, 0.25) is 0 Å². The van der Waals surface area contributed by atoms with Gasteiger partial charge in [-0.15, -0.1) is 0 Å². The molecule has 2 aliphatic carbocycles. The quantitative estimate of drug-likeness (QED) is 0.176. The lowest BCUT2D eigenvalue weighted by molar-refractivity contribution is 0.721. The second-order valence-corrected chi connectivity index (χ2v) is 18.1. The van der Waals surface area contributed by atoms with E-state index in [2.05, 4.69) is 217 Å². The summed E-state index contributed by atoms with van der Waals surface area (Å²) in [4.78, 5) is 7.74. The molecule has 0 radical (unpaired) electrons. The molecule has 0 atom stereocenters. The second kappa shape index (κ2) is 12.5. The van der Waals surface area contributed by atoms with Gasteiger partial charge in [0.25, 0.3) is 0 Å². The Hall–Kier alpha value is -6.52. The van der Waals surface area contributed by atoms with Crippen LogP contribution < -0.4 is 4.90 Å². The average Bonchev–Trinajstić information content (AvgIpc) is 3.75. The molecule has 0 bridgehead atoms. The van der Waals surface area contributed by atoms with Crippen LogP contribution in [0.15, 0.2) is 232 Å². The Labute approximate surface area is 353 Å². The molecule has 9 aromatic carbocycles. The van der Waals surface area contributed by atoms with Crippen molar-refractivity contribution < 1.29 is 0 Å². The van der Waals surface area contributed by atoms with E-state index in [0.717, 1.165) is 17.1 Å². The number of rotatable bonds is 3. The molecule has 0 saturated heterocycles. The van der Waals surface area contributed by atoms with Crippen LogP contribution in [-0.2, 0) is 10.8 Å². The van der Waals surface area contributed by atoms with Crippen molar-refractivity contribution in [3.05, 3.63) is 257 Å². The maximum atomic E-state index is 2.51. The zero-order chi connectivity index (χ0) is 38.7. The smallest absolute Gasteiger partial charge is 0.0736 e. The highest BCUT2D eigenvalue weighted by Crippen LogP contribution is 2.65. The van der Waals surface area contributed by atoms with Gasteiger partial charge in [0, 0.05) is 36.6 Å². The molecule has 0 unspecified atom stereocenters. The minimum absolute atomic E-state index is 0.459. The Morgan fingerprint density at radius 1 is 0.254 bits per heavy atom. The summed E-state index contributed by atoms with van der Waals surface area (Å²) in [7, 11) is 0. The predicted molar refractivity (Wildman–Crippen MR) is 244 cm³/mol. The van der Waals surface area contributed by atoms with Gasteiger partial charge in [-0.1, -0.05) is 175 Å². The first kappa shape index (κ1) is 33.5. The fourth-order valence-corrected chi connectivity index (χ4v) is 13.4. The van der Waals surface area contributed by atoms with Crippen molar-refractivity contribution in [2.24, 2.45) is 0 Å². The van der Waals surface area contributed by atoms with Gasteiger partial charge in [-0.3, -0.25) is 0 Å². The molecule has 276 valence electrons. The molecular formula is C56H35NS2. The third kappa shape index (κ3) is 4.39. The van der Waals surface area contributed by atoms with Crippen molar-refractivity contribution in [1.82, 2.24) is 0 Å². The number of fused-ring (bicyclic) bond motifs is 18. The molecule has 4 aliphatic rings. The molecule has 3 heteroatoms. The summed E-state index contributed by atoms with van der Waals surface area (Å²) in [6.45, 7) is 0. The van der Waals surface area contributed by atoms with Gasteiger partial charge in [-0.25, -0.2) is 0 Å². The molecule has 9 aromatic rings. The van der Waals surface area contributed by atoms with E-state index < -0.39 is 10.8 Å². The van der Waals surface area contributed by atoms with Crippen LogP contribution in [0.2, 0.25) is 0 Å². The normalized spacial score (nSPS) is 14.9. The number of anilines is 3. The van der Waals surface area contributed by atoms with Gasteiger partial charge < -0.3 is 4.90 Å². The predicted octanol–water partition coefficient (Wildman–Crippen LogP) is 14.8. The Morgan fingerprint density at radius 2 is 0.576 bits per heavy atom. The van der Waals surface area contributed by atoms with Crippen molar-refractivity contribution in [2.45, 2.75) is 30.4 Å². The molecule has 13 rings (SSSR count). The first-order valence-electron chi connectivity index (χ1n) is 20.3. The SMILES string of the molecule is c1ccc(N(c2ccc3c(c2)C2(c4ccccc4Sc4ccccc42)c2ccccc2-3)c2ccc3c(c2)C2(c4ccccc4Sc4ccccc42)c2ccccc2-3)cc1. The Morgan fingerprint density at radius 3 is 0.983 bits per heavy atom. The molecule has 59 heavy (non-hydrogen) atoms. The first-order chi connectivity index (χ1) is 29.3. The van der Waals surface area contributed by atoms with Crippen molar-refractivity contribution in [3.8, 4) is 22.3 Å². The maximum Gasteiger partial charge on any atom is 0.0736 e.